The number of fused-ring (bicyclic) bond motifs is 1. The van der Waals surface area contributed by atoms with E-state index in [0.717, 1.165) is 12.1 Å². The summed E-state index contributed by atoms with van der Waals surface area (Å²) in [5, 5.41) is 0.630. The van der Waals surface area contributed by atoms with Crippen molar-refractivity contribution in [3.8, 4) is 0 Å². The zero-order valence-electron chi connectivity index (χ0n) is 9.30. The first-order valence-corrected chi connectivity index (χ1v) is 4.98. The molecular formula is C12H10F3NO. The third-order valence-electron chi connectivity index (χ3n) is 2.73. The monoisotopic (exact) mass is 241 g/mol. The van der Waals surface area contributed by atoms with Crippen LogP contribution in [0.1, 0.15) is 23.0 Å². The van der Waals surface area contributed by atoms with E-state index in [1.165, 1.54) is 17.6 Å². The smallest absolute Gasteiger partial charge is 0.341 e. The molecule has 0 bridgehead atoms. The van der Waals surface area contributed by atoms with Crippen molar-refractivity contribution >= 4 is 16.7 Å². The van der Waals surface area contributed by atoms with Gasteiger partial charge in [0.2, 0.25) is 0 Å². The SMILES string of the molecule is CC(=O)c1cc2ccc(C(F)(F)F)cc2n1C. The molecule has 0 fully saturated rings. The summed E-state index contributed by atoms with van der Waals surface area (Å²) in [4.78, 5) is 11.3. The summed E-state index contributed by atoms with van der Waals surface area (Å²) in [7, 11) is 1.58. The van der Waals surface area contributed by atoms with Crippen LogP contribution in [0.5, 0.6) is 0 Å². The fraction of sp³-hybridized carbons (Fsp3) is 0.250. The van der Waals surface area contributed by atoms with Gasteiger partial charge in [0, 0.05) is 24.9 Å². The Labute approximate surface area is 95.7 Å². The van der Waals surface area contributed by atoms with Crippen LogP contribution < -0.4 is 0 Å². The first kappa shape index (κ1) is 11.7. The van der Waals surface area contributed by atoms with Gasteiger partial charge in [-0.3, -0.25) is 4.79 Å². The second-order valence-corrected chi connectivity index (χ2v) is 3.92. The molecule has 0 spiro atoms. The number of carbonyl (C=O) groups is 1. The molecule has 1 aromatic heterocycles. The van der Waals surface area contributed by atoms with E-state index >= 15 is 0 Å². The van der Waals surface area contributed by atoms with Gasteiger partial charge in [-0.05, 0) is 18.2 Å². The lowest BCUT2D eigenvalue weighted by molar-refractivity contribution is -0.137. The molecule has 0 saturated carbocycles. The first-order chi connectivity index (χ1) is 7.80. The summed E-state index contributed by atoms with van der Waals surface area (Å²) in [6, 6.07) is 5.05. The van der Waals surface area contributed by atoms with Crippen molar-refractivity contribution in [3.05, 3.63) is 35.5 Å². The number of carbonyl (C=O) groups excluding carboxylic acids is 1. The molecule has 5 heteroatoms. The number of benzene rings is 1. The maximum Gasteiger partial charge on any atom is 0.416 e. The minimum Gasteiger partial charge on any atom is -0.341 e. The molecule has 0 aliphatic heterocycles. The Morgan fingerprint density at radius 2 is 1.88 bits per heavy atom. The summed E-state index contributed by atoms with van der Waals surface area (Å²) in [5.74, 6) is -0.169. The van der Waals surface area contributed by atoms with Gasteiger partial charge < -0.3 is 4.57 Å². The van der Waals surface area contributed by atoms with Gasteiger partial charge >= 0.3 is 6.18 Å². The van der Waals surface area contributed by atoms with Crippen LogP contribution in [0.4, 0.5) is 13.2 Å². The highest BCUT2D eigenvalue weighted by Crippen LogP contribution is 2.32. The standard InChI is InChI=1S/C12H10F3NO/c1-7(17)10-5-8-3-4-9(12(13,14)15)6-11(8)16(10)2/h3-6H,1-2H3. The van der Waals surface area contributed by atoms with Crippen LogP contribution in [0.2, 0.25) is 0 Å². The summed E-state index contributed by atoms with van der Waals surface area (Å²) in [6.45, 7) is 1.39. The highest BCUT2D eigenvalue weighted by molar-refractivity contribution is 5.98. The van der Waals surface area contributed by atoms with Crippen LogP contribution in [0.25, 0.3) is 10.9 Å². The Balaban J connectivity index is 2.70. The van der Waals surface area contributed by atoms with E-state index in [2.05, 4.69) is 0 Å². The number of aromatic nitrogens is 1. The van der Waals surface area contributed by atoms with Gasteiger partial charge in [-0.1, -0.05) is 6.07 Å². The molecule has 0 atom stereocenters. The van der Waals surface area contributed by atoms with Crippen LogP contribution in [-0.4, -0.2) is 10.4 Å². The molecule has 0 amide bonds. The maximum absolute atomic E-state index is 12.5. The van der Waals surface area contributed by atoms with E-state index < -0.39 is 11.7 Å². The molecule has 2 nitrogen and oxygen atoms in total. The Kier molecular flexibility index (Phi) is 2.49. The fourth-order valence-electron chi connectivity index (χ4n) is 1.84. The molecule has 0 radical (unpaired) electrons. The number of nitrogens with zero attached hydrogens (tertiary/aromatic N) is 1. The van der Waals surface area contributed by atoms with Crippen molar-refractivity contribution in [2.45, 2.75) is 13.1 Å². The van der Waals surface area contributed by atoms with E-state index in [1.54, 1.807) is 13.1 Å². The lowest BCUT2D eigenvalue weighted by Gasteiger charge is -2.07. The molecule has 0 N–H and O–H groups in total. The predicted octanol–water partition coefficient (Wildman–Crippen LogP) is 3.40. The molecule has 90 valence electrons. The maximum atomic E-state index is 12.5. The largest absolute Gasteiger partial charge is 0.416 e. The Bertz CT molecular complexity index is 596. The molecule has 0 aliphatic rings. The molecule has 1 aromatic carbocycles. The summed E-state index contributed by atoms with van der Waals surface area (Å²) in [5.41, 5.74) is 0.102. The van der Waals surface area contributed by atoms with Gasteiger partial charge in [-0.15, -0.1) is 0 Å². The number of rotatable bonds is 1. The number of aryl methyl sites for hydroxylation is 1. The average molecular weight is 241 g/mol. The number of halogens is 3. The van der Waals surface area contributed by atoms with E-state index in [4.69, 9.17) is 0 Å². The number of Topliss-reactive ketones (excluding diaryl/α,β-unsaturated/α-hetero) is 1. The molecular weight excluding hydrogens is 231 g/mol. The molecule has 0 saturated heterocycles. The van der Waals surface area contributed by atoms with E-state index in [-0.39, 0.29) is 5.78 Å². The Morgan fingerprint density at radius 3 is 2.41 bits per heavy atom. The summed E-state index contributed by atoms with van der Waals surface area (Å²) >= 11 is 0. The average Bonchev–Trinajstić information content (AvgIpc) is 2.54. The molecule has 2 aromatic rings. The van der Waals surface area contributed by atoms with Gasteiger partial charge in [0.25, 0.3) is 0 Å². The van der Waals surface area contributed by atoms with Gasteiger partial charge in [0.05, 0.1) is 11.3 Å². The normalized spacial score (nSPS) is 12.1. The highest BCUT2D eigenvalue weighted by atomic mass is 19.4. The van der Waals surface area contributed by atoms with Crippen LogP contribution in [-0.2, 0) is 13.2 Å². The topological polar surface area (TPSA) is 22.0 Å². The third kappa shape index (κ3) is 1.92. The molecule has 0 unspecified atom stereocenters. The van der Waals surface area contributed by atoms with Crippen LogP contribution in [0, 0.1) is 0 Å². The number of hydrogen-bond donors (Lipinski definition) is 0. The van der Waals surface area contributed by atoms with Gasteiger partial charge in [0.1, 0.15) is 0 Å². The summed E-state index contributed by atoms with van der Waals surface area (Å²) in [6.07, 6.45) is -4.37. The van der Waals surface area contributed by atoms with E-state index in [9.17, 15) is 18.0 Å². The Morgan fingerprint density at radius 1 is 1.24 bits per heavy atom. The van der Waals surface area contributed by atoms with Gasteiger partial charge in [-0.25, -0.2) is 0 Å². The van der Waals surface area contributed by atoms with Crippen molar-refractivity contribution in [1.82, 2.24) is 4.57 Å². The zero-order chi connectivity index (χ0) is 12.8. The minimum atomic E-state index is -4.37. The highest BCUT2D eigenvalue weighted by Gasteiger charge is 2.30. The van der Waals surface area contributed by atoms with Crippen LogP contribution in [0.15, 0.2) is 24.3 Å². The molecule has 0 aliphatic carbocycles. The third-order valence-corrected chi connectivity index (χ3v) is 2.73. The van der Waals surface area contributed by atoms with Gasteiger partial charge in [-0.2, -0.15) is 13.2 Å². The van der Waals surface area contributed by atoms with Crippen molar-refractivity contribution in [2.24, 2.45) is 7.05 Å². The molecule has 1 heterocycles. The summed E-state index contributed by atoms with van der Waals surface area (Å²) < 4.78 is 39.1. The van der Waals surface area contributed by atoms with E-state index in [0.29, 0.717) is 16.6 Å². The number of alkyl halides is 3. The number of hydrogen-bond acceptors (Lipinski definition) is 1. The second-order valence-electron chi connectivity index (χ2n) is 3.92. The van der Waals surface area contributed by atoms with Crippen molar-refractivity contribution < 1.29 is 18.0 Å². The van der Waals surface area contributed by atoms with Crippen molar-refractivity contribution in [3.63, 3.8) is 0 Å². The lowest BCUT2D eigenvalue weighted by Crippen LogP contribution is -2.05. The number of ketones is 1. The second kappa shape index (κ2) is 3.61. The molecule has 2 rings (SSSR count). The minimum absolute atomic E-state index is 0.169. The van der Waals surface area contributed by atoms with Crippen LogP contribution >= 0.6 is 0 Å². The Hall–Kier alpha value is -1.78. The van der Waals surface area contributed by atoms with Crippen molar-refractivity contribution in [1.29, 1.82) is 0 Å². The van der Waals surface area contributed by atoms with Gasteiger partial charge in [0.15, 0.2) is 5.78 Å². The molecule has 17 heavy (non-hydrogen) atoms. The van der Waals surface area contributed by atoms with Crippen LogP contribution in [0.3, 0.4) is 0 Å². The van der Waals surface area contributed by atoms with Crippen molar-refractivity contribution in [2.75, 3.05) is 0 Å². The fourth-order valence-corrected chi connectivity index (χ4v) is 1.84. The quantitative estimate of drug-likeness (QED) is 0.701. The lowest BCUT2D eigenvalue weighted by atomic mass is 10.1. The van der Waals surface area contributed by atoms with E-state index in [1.807, 2.05) is 0 Å². The predicted molar refractivity (Wildman–Crippen MR) is 57.9 cm³/mol. The zero-order valence-corrected chi connectivity index (χ0v) is 9.30. The first-order valence-electron chi connectivity index (χ1n) is 4.98.